The van der Waals surface area contributed by atoms with Crippen LogP contribution in [0.4, 0.5) is 0 Å². The molecule has 8 rings (SSSR count). The molecule has 0 saturated carbocycles. The standard InChI is InChI=1S/C25H33N3O5.C22H36BNO6.C21H25N3O5/c1-25(2,3)33-22(29)15-26(4)13-19-20(31-7)11-16(12-21(19)32-8)18-14-28(6)24(30)23-17(18)9-10-27(23)5;1-20(2,3)28-19(25)14-24(8)13-16-17(26-9)11-15(12-18(16)27-10)23-29-21(4,5)22(6,7)30-23;1-22(12-19(25)26)10-16-17(28-4)8-13(9-18(16)29-5)15-11-24(3)21(27)20-14(15)6-7-23(20)2/h9-12,14H,13,15H2,1-8H3;11-12H,13-14H2,1-10H3;6-9,11H,10,12H2,1-5H3,(H,25,26). The van der Waals surface area contributed by atoms with Gasteiger partial charge in [-0.05, 0) is 156 Å². The molecule has 500 valence electrons. The molecule has 1 N–H and O–H groups in total. The number of carboxylic acids is 1. The number of carboxylic acid groups (broad SMARTS) is 1. The first kappa shape index (κ1) is 72.8. The normalized spacial score (nSPS) is 13.6. The van der Waals surface area contributed by atoms with Crippen LogP contribution >= 0.6 is 0 Å². The number of rotatable bonds is 21. The molecule has 0 radical (unpaired) electrons. The second-order valence-corrected chi connectivity index (χ2v) is 26.1. The van der Waals surface area contributed by atoms with E-state index < -0.39 is 35.5 Å². The SMILES string of the molecule is COc1cc(-c2cn(C)c(=O)c3c2ccn3C)cc(OC)c1CN(C)CC(=O)O.COc1cc(-c2cn(C)c(=O)c3c2ccn3C)cc(OC)c1CN(C)CC(=O)OC(C)(C)C.COc1cc(B2OC(C)(C)C(C)(C)O2)cc(OC)c1CN(C)CC(=O)OC(C)(C)C. The van der Waals surface area contributed by atoms with Crippen LogP contribution in [0.15, 0.2) is 82.9 Å². The van der Waals surface area contributed by atoms with E-state index in [1.54, 1.807) is 84.0 Å². The van der Waals surface area contributed by atoms with E-state index in [2.05, 4.69) is 0 Å². The highest BCUT2D eigenvalue weighted by Crippen LogP contribution is 2.41. The fraction of sp³-hybridized carbons (Fsp3) is 0.485. The molecule has 0 spiro atoms. The van der Waals surface area contributed by atoms with Crippen molar-refractivity contribution < 1.29 is 66.7 Å². The molecule has 1 aliphatic rings. The van der Waals surface area contributed by atoms with Crippen molar-refractivity contribution in [1.82, 2.24) is 33.0 Å². The highest BCUT2D eigenvalue weighted by atomic mass is 16.7. The first-order chi connectivity index (χ1) is 42.9. The zero-order valence-corrected chi connectivity index (χ0v) is 57.9. The smallest absolute Gasteiger partial charge is 0.495 e. The van der Waals surface area contributed by atoms with Crippen LogP contribution in [0, 0.1) is 0 Å². The topological polar surface area (TPSA) is 227 Å². The van der Waals surface area contributed by atoms with Gasteiger partial charge in [0.25, 0.3) is 11.1 Å². The number of aromatic nitrogens is 4. The third-order valence-electron chi connectivity index (χ3n) is 15.7. The van der Waals surface area contributed by atoms with Crippen molar-refractivity contribution in [2.75, 3.05) is 83.4 Å². The van der Waals surface area contributed by atoms with Crippen molar-refractivity contribution in [3.63, 3.8) is 0 Å². The van der Waals surface area contributed by atoms with Crippen molar-refractivity contribution in [3.05, 3.63) is 111 Å². The molecule has 24 heteroatoms. The number of pyridine rings is 2. The van der Waals surface area contributed by atoms with Crippen LogP contribution in [0.1, 0.15) is 85.9 Å². The number of aliphatic carboxylic acids is 1. The number of benzene rings is 3. The summed E-state index contributed by atoms with van der Waals surface area (Å²) in [5.74, 6) is 2.28. The first-order valence-corrected chi connectivity index (χ1v) is 30.0. The molecule has 1 saturated heterocycles. The van der Waals surface area contributed by atoms with Crippen molar-refractivity contribution in [1.29, 1.82) is 0 Å². The Bertz CT molecular complexity index is 3830. The van der Waals surface area contributed by atoms with Crippen LogP contribution in [0.5, 0.6) is 34.5 Å². The second kappa shape index (κ2) is 29.5. The molecule has 0 amide bonds. The quantitative estimate of drug-likeness (QED) is 0.0528. The lowest BCUT2D eigenvalue weighted by atomic mass is 9.78. The molecular formula is C68H94BN7O16. The Morgan fingerprint density at radius 1 is 0.500 bits per heavy atom. The minimum atomic E-state index is -0.904. The van der Waals surface area contributed by atoms with E-state index in [1.807, 2.05) is 183 Å². The number of nitrogens with zero attached hydrogens (tertiary/aromatic N) is 7. The number of carbonyl (C=O) groups is 3. The van der Waals surface area contributed by atoms with Gasteiger partial charge < -0.3 is 70.6 Å². The molecule has 3 aromatic carbocycles. The van der Waals surface area contributed by atoms with Crippen molar-refractivity contribution in [3.8, 4) is 56.8 Å². The first-order valence-electron chi connectivity index (χ1n) is 30.0. The molecule has 0 bridgehead atoms. The monoisotopic (exact) mass is 1280 g/mol. The Morgan fingerprint density at radius 2 is 0.793 bits per heavy atom. The van der Waals surface area contributed by atoms with Gasteiger partial charge >= 0.3 is 25.0 Å². The molecule has 92 heavy (non-hydrogen) atoms. The van der Waals surface area contributed by atoms with E-state index >= 15 is 0 Å². The molecule has 0 aliphatic carbocycles. The van der Waals surface area contributed by atoms with E-state index in [1.165, 1.54) is 0 Å². The molecule has 1 aliphatic heterocycles. The summed E-state index contributed by atoms with van der Waals surface area (Å²) in [7, 11) is 21.6. The maximum atomic E-state index is 12.6. The third-order valence-corrected chi connectivity index (χ3v) is 15.7. The Morgan fingerprint density at radius 3 is 1.08 bits per heavy atom. The number of aryl methyl sites for hydroxylation is 4. The summed E-state index contributed by atoms with van der Waals surface area (Å²) in [6.45, 7) is 20.6. The highest BCUT2D eigenvalue weighted by molar-refractivity contribution is 6.62. The van der Waals surface area contributed by atoms with Gasteiger partial charge in [0.1, 0.15) is 56.7 Å². The summed E-state index contributed by atoms with van der Waals surface area (Å²) >= 11 is 0. The Labute approximate surface area is 540 Å². The summed E-state index contributed by atoms with van der Waals surface area (Å²) in [5.41, 5.74) is 5.94. The van der Waals surface area contributed by atoms with Crippen LogP contribution in [0.3, 0.4) is 0 Å². The predicted molar refractivity (Wildman–Crippen MR) is 357 cm³/mol. The molecule has 4 aromatic heterocycles. The summed E-state index contributed by atoms with van der Waals surface area (Å²) in [4.78, 5) is 66.0. The van der Waals surface area contributed by atoms with Crippen molar-refractivity contribution in [2.45, 2.75) is 111 Å². The van der Waals surface area contributed by atoms with E-state index in [9.17, 15) is 24.0 Å². The number of fused-ring (bicyclic) bond motifs is 2. The Balaban J connectivity index is 0.000000220. The highest BCUT2D eigenvalue weighted by Gasteiger charge is 2.52. The fourth-order valence-corrected chi connectivity index (χ4v) is 10.7. The summed E-state index contributed by atoms with van der Waals surface area (Å²) < 4.78 is 63.9. The number of likely N-dealkylation sites (N-methyl/N-ethyl adjacent to an activating group) is 3. The van der Waals surface area contributed by atoms with Gasteiger partial charge in [0.05, 0.1) is 90.2 Å². The minimum absolute atomic E-state index is 0.0550. The molecular weight excluding hydrogens is 1180 g/mol. The molecule has 0 unspecified atom stereocenters. The van der Waals surface area contributed by atoms with Crippen molar-refractivity contribution in [2.24, 2.45) is 28.2 Å². The Kier molecular flexibility index (Phi) is 23.4. The third kappa shape index (κ3) is 17.4. The molecule has 0 atom stereocenters. The molecule has 23 nitrogen and oxygen atoms in total. The molecule has 1 fully saturated rings. The number of hydrogen-bond acceptors (Lipinski definition) is 18. The van der Waals surface area contributed by atoms with Gasteiger partial charge in [-0.1, -0.05) is 0 Å². The minimum Gasteiger partial charge on any atom is -0.496 e. The van der Waals surface area contributed by atoms with Gasteiger partial charge in [-0.25, -0.2) is 0 Å². The summed E-state index contributed by atoms with van der Waals surface area (Å²) in [6.07, 6.45) is 7.37. The number of carbonyl (C=O) groups excluding carboxylic acids is 2. The van der Waals surface area contributed by atoms with Crippen LogP contribution in [0.25, 0.3) is 44.1 Å². The summed E-state index contributed by atoms with van der Waals surface area (Å²) in [5, 5.41) is 10.7. The van der Waals surface area contributed by atoms with Crippen molar-refractivity contribution >= 4 is 52.3 Å². The average Bonchev–Trinajstić information content (AvgIpc) is 1.49. The van der Waals surface area contributed by atoms with Crippen LogP contribution in [-0.2, 0) is 81.0 Å². The summed E-state index contributed by atoms with van der Waals surface area (Å²) in [6, 6.07) is 15.3. The maximum absolute atomic E-state index is 12.6. The average molecular weight is 1280 g/mol. The lowest BCUT2D eigenvalue weighted by molar-refractivity contribution is -0.157. The van der Waals surface area contributed by atoms with Crippen LogP contribution in [-0.4, -0.2) is 169 Å². The largest absolute Gasteiger partial charge is 0.496 e. The number of ether oxygens (including phenoxy) is 8. The van der Waals surface area contributed by atoms with Gasteiger partial charge in [0, 0.05) is 94.5 Å². The lowest BCUT2D eigenvalue weighted by Gasteiger charge is -2.32. The van der Waals surface area contributed by atoms with E-state index in [4.69, 9.17) is 52.3 Å². The molecule has 5 heterocycles. The van der Waals surface area contributed by atoms with E-state index in [0.29, 0.717) is 65.2 Å². The van der Waals surface area contributed by atoms with Gasteiger partial charge in [0.15, 0.2) is 0 Å². The fourth-order valence-electron chi connectivity index (χ4n) is 10.7. The van der Waals surface area contributed by atoms with Crippen LogP contribution < -0.4 is 45.0 Å². The van der Waals surface area contributed by atoms with Crippen LogP contribution in [0.2, 0.25) is 0 Å². The van der Waals surface area contributed by atoms with Gasteiger partial charge in [-0.2, -0.15) is 0 Å². The predicted octanol–water partition coefficient (Wildman–Crippen LogP) is 8.19. The maximum Gasteiger partial charge on any atom is 0.495 e. The van der Waals surface area contributed by atoms with E-state index in [0.717, 1.165) is 55.2 Å². The number of methoxy groups -OCH3 is 6. The van der Waals surface area contributed by atoms with Gasteiger partial charge in [-0.15, -0.1) is 0 Å². The number of esters is 2. The molecule has 7 aromatic rings. The van der Waals surface area contributed by atoms with E-state index in [-0.39, 0.29) is 42.7 Å². The zero-order chi connectivity index (χ0) is 68.7. The number of hydrogen-bond donors (Lipinski definition) is 1. The lowest BCUT2D eigenvalue weighted by Crippen LogP contribution is -2.41. The van der Waals surface area contributed by atoms with Gasteiger partial charge in [0.2, 0.25) is 0 Å². The Hall–Kier alpha value is -8.29. The zero-order valence-electron chi connectivity index (χ0n) is 57.9. The second-order valence-electron chi connectivity index (χ2n) is 26.1. The van der Waals surface area contributed by atoms with Gasteiger partial charge in [-0.3, -0.25) is 38.7 Å².